The average molecular weight is 224 g/mol. The summed E-state index contributed by atoms with van der Waals surface area (Å²) in [5, 5.41) is 0. The van der Waals surface area contributed by atoms with Crippen molar-refractivity contribution in [3.63, 3.8) is 0 Å². The minimum atomic E-state index is 0.119. The molecule has 0 aromatic carbocycles. The van der Waals surface area contributed by atoms with Crippen molar-refractivity contribution in [3.8, 4) is 0 Å². The van der Waals surface area contributed by atoms with E-state index < -0.39 is 0 Å². The van der Waals surface area contributed by atoms with Gasteiger partial charge in [-0.3, -0.25) is 4.79 Å². The number of likely N-dealkylation sites (tertiary alicyclic amines) is 1. The predicted molar refractivity (Wildman–Crippen MR) is 64.9 cm³/mol. The van der Waals surface area contributed by atoms with Crippen LogP contribution >= 0.6 is 0 Å². The van der Waals surface area contributed by atoms with Gasteiger partial charge in [-0.25, -0.2) is 0 Å². The summed E-state index contributed by atoms with van der Waals surface area (Å²) >= 11 is 0. The van der Waals surface area contributed by atoms with Crippen molar-refractivity contribution in [2.24, 2.45) is 17.6 Å². The van der Waals surface area contributed by atoms with Crippen molar-refractivity contribution in [3.05, 3.63) is 0 Å². The molecule has 1 aliphatic heterocycles. The summed E-state index contributed by atoms with van der Waals surface area (Å²) in [4.78, 5) is 14.4. The Morgan fingerprint density at radius 1 is 1.12 bits per heavy atom. The van der Waals surface area contributed by atoms with Gasteiger partial charge in [-0.2, -0.15) is 0 Å². The van der Waals surface area contributed by atoms with Gasteiger partial charge in [-0.05, 0) is 38.0 Å². The molecule has 1 saturated heterocycles. The van der Waals surface area contributed by atoms with Gasteiger partial charge in [0.2, 0.25) is 5.91 Å². The molecule has 0 spiro atoms. The summed E-state index contributed by atoms with van der Waals surface area (Å²) < 4.78 is 0. The molecular weight excluding hydrogens is 200 g/mol. The maximum Gasteiger partial charge on any atom is 0.227 e. The molecule has 3 atom stereocenters. The van der Waals surface area contributed by atoms with Crippen LogP contribution < -0.4 is 5.73 Å². The van der Waals surface area contributed by atoms with E-state index in [2.05, 4.69) is 11.8 Å². The van der Waals surface area contributed by atoms with E-state index in [0.717, 1.165) is 51.1 Å². The smallest absolute Gasteiger partial charge is 0.227 e. The number of nitrogens with two attached hydrogens (primary N) is 1. The second-order valence-electron chi connectivity index (χ2n) is 5.56. The SMILES string of the molecule is CC1CCCN(C(=O)C2CCCC2N)CC1. The van der Waals surface area contributed by atoms with Gasteiger partial charge in [0, 0.05) is 19.1 Å². The second-order valence-corrected chi connectivity index (χ2v) is 5.56. The zero-order valence-electron chi connectivity index (χ0n) is 10.3. The van der Waals surface area contributed by atoms with Crippen LogP contribution in [0.4, 0.5) is 0 Å². The molecule has 2 fully saturated rings. The molecule has 2 N–H and O–H groups in total. The number of carbonyl (C=O) groups is 1. The minimum absolute atomic E-state index is 0.119. The molecule has 2 rings (SSSR count). The topological polar surface area (TPSA) is 46.3 Å². The Labute approximate surface area is 98.4 Å². The minimum Gasteiger partial charge on any atom is -0.342 e. The molecule has 0 aromatic rings. The highest BCUT2D eigenvalue weighted by molar-refractivity contribution is 5.79. The summed E-state index contributed by atoms with van der Waals surface area (Å²) in [5.74, 6) is 1.22. The van der Waals surface area contributed by atoms with Crippen molar-refractivity contribution in [2.75, 3.05) is 13.1 Å². The van der Waals surface area contributed by atoms with E-state index in [1.807, 2.05) is 0 Å². The van der Waals surface area contributed by atoms with Gasteiger partial charge < -0.3 is 10.6 Å². The zero-order valence-corrected chi connectivity index (χ0v) is 10.3. The standard InChI is InChI=1S/C13H24N2O/c1-10-4-3-8-15(9-7-10)13(16)11-5-2-6-12(11)14/h10-12H,2-9,14H2,1H3. The van der Waals surface area contributed by atoms with Crippen LogP contribution in [0.2, 0.25) is 0 Å². The lowest BCUT2D eigenvalue weighted by Crippen LogP contribution is -2.42. The molecule has 0 bridgehead atoms. The first-order chi connectivity index (χ1) is 7.68. The Balaban J connectivity index is 1.93. The summed E-state index contributed by atoms with van der Waals surface area (Å²) in [6.07, 6.45) is 6.75. The maximum absolute atomic E-state index is 12.3. The van der Waals surface area contributed by atoms with E-state index in [1.165, 1.54) is 6.42 Å². The molecule has 3 nitrogen and oxygen atoms in total. The molecular formula is C13H24N2O. The largest absolute Gasteiger partial charge is 0.342 e. The molecule has 1 aliphatic carbocycles. The predicted octanol–water partition coefficient (Wildman–Crippen LogP) is 1.76. The van der Waals surface area contributed by atoms with Gasteiger partial charge in [0.05, 0.1) is 5.92 Å². The first kappa shape index (κ1) is 11.9. The number of carbonyl (C=O) groups excluding carboxylic acids is 1. The summed E-state index contributed by atoms with van der Waals surface area (Å²) in [5.41, 5.74) is 6.01. The van der Waals surface area contributed by atoms with Gasteiger partial charge in [0.1, 0.15) is 0 Å². The number of rotatable bonds is 1. The maximum atomic E-state index is 12.3. The van der Waals surface area contributed by atoms with Crippen molar-refractivity contribution in [1.82, 2.24) is 4.90 Å². The monoisotopic (exact) mass is 224 g/mol. The van der Waals surface area contributed by atoms with Crippen LogP contribution in [-0.4, -0.2) is 29.9 Å². The number of hydrogen-bond acceptors (Lipinski definition) is 2. The van der Waals surface area contributed by atoms with Crippen LogP contribution in [0.25, 0.3) is 0 Å². The van der Waals surface area contributed by atoms with Crippen LogP contribution in [-0.2, 0) is 4.79 Å². The van der Waals surface area contributed by atoms with Crippen LogP contribution in [0.3, 0.4) is 0 Å². The average Bonchev–Trinajstić information content (AvgIpc) is 2.56. The Morgan fingerprint density at radius 2 is 1.94 bits per heavy atom. The summed E-state index contributed by atoms with van der Waals surface area (Å²) in [7, 11) is 0. The van der Waals surface area contributed by atoms with E-state index in [-0.39, 0.29) is 12.0 Å². The van der Waals surface area contributed by atoms with Crippen molar-refractivity contribution >= 4 is 5.91 Å². The van der Waals surface area contributed by atoms with Crippen LogP contribution in [0.5, 0.6) is 0 Å². The molecule has 16 heavy (non-hydrogen) atoms. The quantitative estimate of drug-likeness (QED) is 0.737. The third kappa shape index (κ3) is 2.57. The van der Waals surface area contributed by atoms with Crippen LogP contribution in [0, 0.1) is 11.8 Å². The van der Waals surface area contributed by atoms with Crippen molar-refractivity contribution < 1.29 is 4.79 Å². The third-order valence-electron chi connectivity index (χ3n) is 4.22. The fourth-order valence-corrected chi connectivity index (χ4v) is 3.01. The first-order valence-electron chi connectivity index (χ1n) is 6.73. The lowest BCUT2D eigenvalue weighted by molar-refractivity contribution is -0.135. The third-order valence-corrected chi connectivity index (χ3v) is 4.22. The van der Waals surface area contributed by atoms with Gasteiger partial charge in [-0.15, -0.1) is 0 Å². The highest BCUT2D eigenvalue weighted by Gasteiger charge is 2.33. The number of amides is 1. The van der Waals surface area contributed by atoms with E-state index in [0.29, 0.717) is 5.91 Å². The van der Waals surface area contributed by atoms with E-state index in [4.69, 9.17) is 5.73 Å². The molecule has 0 radical (unpaired) electrons. The van der Waals surface area contributed by atoms with Gasteiger partial charge >= 0.3 is 0 Å². The lowest BCUT2D eigenvalue weighted by atomic mass is 10.0. The highest BCUT2D eigenvalue weighted by Crippen LogP contribution is 2.27. The van der Waals surface area contributed by atoms with Crippen LogP contribution in [0.15, 0.2) is 0 Å². The highest BCUT2D eigenvalue weighted by atomic mass is 16.2. The Hall–Kier alpha value is -0.570. The normalized spacial score (nSPS) is 36.1. The van der Waals surface area contributed by atoms with E-state index in [9.17, 15) is 4.79 Å². The van der Waals surface area contributed by atoms with E-state index in [1.54, 1.807) is 0 Å². The number of nitrogens with zero attached hydrogens (tertiary/aromatic N) is 1. The van der Waals surface area contributed by atoms with Gasteiger partial charge in [-0.1, -0.05) is 13.3 Å². The van der Waals surface area contributed by atoms with Crippen LogP contribution in [0.1, 0.15) is 45.4 Å². The second kappa shape index (κ2) is 5.17. The Bertz CT molecular complexity index is 254. The Morgan fingerprint density at radius 3 is 2.62 bits per heavy atom. The van der Waals surface area contributed by atoms with Crippen molar-refractivity contribution in [2.45, 2.75) is 51.5 Å². The zero-order chi connectivity index (χ0) is 11.5. The summed E-state index contributed by atoms with van der Waals surface area (Å²) in [6.45, 7) is 4.19. The molecule has 3 unspecified atom stereocenters. The fourth-order valence-electron chi connectivity index (χ4n) is 3.01. The lowest BCUT2D eigenvalue weighted by Gasteiger charge is -2.25. The summed E-state index contributed by atoms with van der Waals surface area (Å²) in [6, 6.07) is 0.119. The molecule has 2 aliphatic rings. The molecule has 1 amide bonds. The molecule has 0 aromatic heterocycles. The fraction of sp³-hybridized carbons (Fsp3) is 0.923. The van der Waals surface area contributed by atoms with Crippen molar-refractivity contribution in [1.29, 1.82) is 0 Å². The molecule has 1 saturated carbocycles. The number of hydrogen-bond donors (Lipinski definition) is 1. The van der Waals surface area contributed by atoms with E-state index >= 15 is 0 Å². The molecule has 3 heteroatoms. The molecule has 92 valence electrons. The Kier molecular flexibility index (Phi) is 3.85. The van der Waals surface area contributed by atoms with Gasteiger partial charge in [0.25, 0.3) is 0 Å². The molecule has 1 heterocycles. The first-order valence-corrected chi connectivity index (χ1v) is 6.73. The van der Waals surface area contributed by atoms with Gasteiger partial charge in [0.15, 0.2) is 0 Å².